The van der Waals surface area contributed by atoms with Crippen LogP contribution in [-0.2, 0) is 9.84 Å². The number of benzene rings is 1. The van der Waals surface area contributed by atoms with E-state index in [1.165, 1.54) is 31.0 Å². The smallest absolute Gasteiger partial charge is 0.211 e. The van der Waals surface area contributed by atoms with Crippen molar-refractivity contribution in [3.8, 4) is 0 Å². The molecule has 1 aromatic carbocycles. The standard InChI is InChI=1S/C14H18O2S2/c1-12(17-13-8-4-2-5-9-13)18(15,16)14-10-6-3-7-11-14/h3,6-7,10-11,13H,1-2,4-5,8-9H2. The van der Waals surface area contributed by atoms with E-state index in [0.717, 1.165) is 12.8 Å². The first-order valence-electron chi connectivity index (χ1n) is 6.26. The van der Waals surface area contributed by atoms with Gasteiger partial charge in [0, 0.05) is 5.25 Å². The summed E-state index contributed by atoms with van der Waals surface area (Å²) in [5.41, 5.74) is 0. The molecule has 0 amide bonds. The van der Waals surface area contributed by atoms with Gasteiger partial charge in [-0.25, -0.2) is 8.42 Å². The summed E-state index contributed by atoms with van der Waals surface area (Å²) < 4.78 is 24.9. The molecule has 0 unspecified atom stereocenters. The molecule has 0 bridgehead atoms. The molecule has 0 saturated heterocycles. The lowest BCUT2D eigenvalue weighted by Gasteiger charge is -2.21. The van der Waals surface area contributed by atoms with Crippen molar-refractivity contribution in [2.45, 2.75) is 42.2 Å². The molecule has 1 aliphatic carbocycles. The Hall–Kier alpha value is -0.740. The van der Waals surface area contributed by atoms with E-state index in [2.05, 4.69) is 6.58 Å². The summed E-state index contributed by atoms with van der Waals surface area (Å²) in [5.74, 6) is 0. The Morgan fingerprint density at radius 1 is 1.11 bits per heavy atom. The molecular weight excluding hydrogens is 264 g/mol. The summed E-state index contributed by atoms with van der Waals surface area (Å²) in [6, 6.07) is 8.55. The normalized spacial score (nSPS) is 17.6. The number of hydrogen-bond acceptors (Lipinski definition) is 3. The lowest BCUT2D eigenvalue weighted by atomic mass is 10.0. The van der Waals surface area contributed by atoms with Crippen molar-refractivity contribution in [1.82, 2.24) is 0 Å². The highest BCUT2D eigenvalue weighted by Gasteiger charge is 2.23. The van der Waals surface area contributed by atoms with Gasteiger partial charge in [-0.1, -0.05) is 44.0 Å². The fraction of sp³-hybridized carbons (Fsp3) is 0.429. The van der Waals surface area contributed by atoms with Gasteiger partial charge in [-0.3, -0.25) is 0 Å². The Labute approximate surface area is 113 Å². The second-order valence-electron chi connectivity index (χ2n) is 4.57. The van der Waals surface area contributed by atoms with Crippen LogP contribution in [0.25, 0.3) is 0 Å². The van der Waals surface area contributed by atoms with Crippen LogP contribution in [0.15, 0.2) is 46.0 Å². The second kappa shape index (κ2) is 5.93. The molecule has 18 heavy (non-hydrogen) atoms. The van der Waals surface area contributed by atoms with Crippen LogP contribution in [-0.4, -0.2) is 13.7 Å². The predicted molar refractivity (Wildman–Crippen MR) is 77.2 cm³/mol. The molecule has 0 heterocycles. The molecule has 4 heteroatoms. The first kappa shape index (κ1) is 13.7. The van der Waals surface area contributed by atoms with E-state index in [1.54, 1.807) is 24.3 Å². The topological polar surface area (TPSA) is 34.1 Å². The summed E-state index contributed by atoms with van der Waals surface area (Å²) in [4.78, 5) is 0.346. The molecule has 2 rings (SSSR count). The zero-order chi connectivity index (χ0) is 13.0. The molecule has 0 atom stereocenters. The van der Waals surface area contributed by atoms with Crippen LogP contribution in [0.2, 0.25) is 0 Å². The van der Waals surface area contributed by atoms with Gasteiger partial charge >= 0.3 is 0 Å². The van der Waals surface area contributed by atoms with Gasteiger partial charge in [-0.15, -0.1) is 11.8 Å². The molecule has 1 saturated carbocycles. The predicted octanol–water partition coefficient (Wildman–Crippen LogP) is 4.00. The maximum absolute atomic E-state index is 12.3. The maximum Gasteiger partial charge on any atom is 0.211 e. The third kappa shape index (κ3) is 3.18. The molecule has 1 aromatic rings. The van der Waals surface area contributed by atoms with E-state index >= 15 is 0 Å². The maximum atomic E-state index is 12.3. The molecule has 1 aliphatic rings. The summed E-state index contributed by atoms with van der Waals surface area (Å²) >= 11 is 1.44. The van der Waals surface area contributed by atoms with Crippen molar-refractivity contribution >= 4 is 21.6 Å². The van der Waals surface area contributed by atoms with Crippen molar-refractivity contribution in [3.05, 3.63) is 41.1 Å². The highest BCUT2D eigenvalue weighted by molar-refractivity contribution is 8.19. The lowest BCUT2D eigenvalue weighted by Crippen LogP contribution is -2.11. The minimum atomic E-state index is -3.37. The molecule has 2 nitrogen and oxygen atoms in total. The molecule has 0 N–H and O–H groups in total. The Morgan fingerprint density at radius 3 is 2.33 bits per heavy atom. The summed E-state index contributed by atoms with van der Waals surface area (Å²) in [5, 5.41) is 0.421. The van der Waals surface area contributed by atoms with Crippen LogP contribution in [0.4, 0.5) is 0 Å². The second-order valence-corrected chi connectivity index (χ2v) is 8.19. The molecule has 0 aromatic heterocycles. The quantitative estimate of drug-likeness (QED) is 0.837. The van der Waals surface area contributed by atoms with Gasteiger partial charge in [-0.2, -0.15) is 0 Å². The van der Waals surface area contributed by atoms with Crippen molar-refractivity contribution in [3.63, 3.8) is 0 Å². The van der Waals surface area contributed by atoms with Crippen LogP contribution in [0.5, 0.6) is 0 Å². The zero-order valence-electron chi connectivity index (χ0n) is 10.3. The molecule has 1 fully saturated rings. The van der Waals surface area contributed by atoms with E-state index in [1.807, 2.05) is 6.07 Å². The van der Waals surface area contributed by atoms with E-state index in [-0.39, 0.29) is 0 Å². The van der Waals surface area contributed by atoms with Gasteiger partial charge in [0.1, 0.15) is 0 Å². The van der Waals surface area contributed by atoms with Gasteiger partial charge in [0.05, 0.1) is 9.13 Å². The van der Waals surface area contributed by atoms with E-state index in [9.17, 15) is 8.42 Å². The third-order valence-corrected chi connectivity index (χ3v) is 6.71. The molecular formula is C14H18O2S2. The fourth-order valence-electron chi connectivity index (χ4n) is 2.16. The summed E-state index contributed by atoms with van der Waals surface area (Å²) in [7, 11) is -3.37. The van der Waals surface area contributed by atoms with Gasteiger partial charge < -0.3 is 0 Å². The summed E-state index contributed by atoms with van der Waals surface area (Å²) in [6.07, 6.45) is 5.89. The molecule has 0 spiro atoms. The van der Waals surface area contributed by atoms with Crippen LogP contribution in [0.1, 0.15) is 32.1 Å². The van der Waals surface area contributed by atoms with Crippen LogP contribution in [0, 0.1) is 0 Å². The largest absolute Gasteiger partial charge is 0.218 e. The monoisotopic (exact) mass is 282 g/mol. The van der Waals surface area contributed by atoms with Crippen molar-refractivity contribution in [2.75, 3.05) is 0 Å². The third-order valence-electron chi connectivity index (χ3n) is 3.20. The highest BCUT2D eigenvalue weighted by Crippen LogP contribution is 2.36. The average molecular weight is 282 g/mol. The molecule has 0 radical (unpaired) electrons. The van der Waals surface area contributed by atoms with Crippen molar-refractivity contribution in [2.24, 2.45) is 0 Å². The number of sulfone groups is 1. The average Bonchev–Trinajstić information content (AvgIpc) is 2.41. The Morgan fingerprint density at radius 2 is 1.72 bits per heavy atom. The Balaban J connectivity index is 2.08. The van der Waals surface area contributed by atoms with E-state index in [0.29, 0.717) is 14.4 Å². The zero-order valence-corrected chi connectivity index (χ0v) is 12.0. The molecule has 0 aliphatic heterocycles. The van der Waals surface area contributed by atoms with Crippen LogP contribution in [0.3, 0.4) is 0 Å². The first-order valence-corrected chi connectivity index (χ1v) is 8.62. The Bertz CT molecular complexity index is 500. The minimum Gasteiger partial charge on any atom is -0.218 e. The number of thioether (sulfide) groups is 1. The van der Waals surface area contributed by atoms with Gasteiger partial charge in [0.15, 0.2) is 0 Å². The van der Waals surface area contributed by atoms with Gasteiger partial charge in [0.25, 0.3) is 0 Å². The first-order chi connectivity index (χ1) is 8.60. The fourth-order valence-corrected chi connectivity index (χ4v) is 5.09. The Kier molecular flexibility index (Phi) is 4.51. The number of hydrogen-bond donors (Lipinski definition) is 0. The number of rotatable bonds is 4. The SMILES string of the molecule is C=C(SC1CCCCC1)S(=O)(=O)c1ccccc1. The van der Waals surface area contributed by atoms with Crippen molar-refractivity contribution < 1.29 is 8.42 Å². The van der Waals surface area contributed by atoms with Crippen LogP contribution < -0.4 is 0 Å². The highest BCUT2D eigenvalue weighted by atomic mass is 32.3. The van der Waals surface area contributed by atoms with Gasteiger partial charge in [-0.05, 0) is 25.0 Å². The van der Waals surface area contributed by atoms with Gasteiger partial charge in [0.2, 0.25) is 9.84 Å². The van der Waals surface area contributed by atoms with E-state index < -0.39 is 9.84 Å². The van der Waals surface area contributed by atoms with E-state index in [4.69, 9.17) is 0 Å². The van der Waals surface area contributed by atoms with Crippen LogP contribution >= 0.6 is 11.8 Å². The molecule has 98 valence electrons. The minimum absolute atomic E-state index is 0.292. The van der Waals surface area contributed by atoms with Crippen molar-refractivity contribution in [1.29, 1.82) is 0 Å². The summed E-state index contributed by atoms with van der Waals surface area (Å²) in [6.45, 7) is 3.77. The lowest BCUT2D eigenvalue weighted by molar-refractivity contribution is 0.517.